The number of esters is 1. The molecule has 2 nitrogen and oxygen atoms in total. The molecule has 0 aliphatic rings. The van der Waals surface area contributed by atoms with E-state index in [0.717, 1.165) is 13.0 Å². The number of hydrogen-bond acceptors (Lipinski definition) is 2. The second kappa shape index (κ2) is 4.51. The molecule has 0 atom stereocenters. The fourth-order valence-corrected chi connectivity index (χ4v) is 1.30. The summed E-state index contributed by atoms with van der Waals surface area (Å²) in [7, 11) is 0. The third-order valence-electron chi connectivity index (χ3n) is 1.87. The van der Waals surface area contributed by atoms with Crippen molar-refractivity contribution >= 4 is 5.97 Å². The Morgan fingerprint density at radius 3 is 2.00 bits per heavy atom. The van der Waals surface area contributed by atoms with E-state index in [1.165, 1.54) is 0 Å². The van der Waals surface area contributed by atoms with Gasteiger partial charge in [-0.3, -0.25) is 4.79 Å². The molecule has 0 spiro atoms. The van der Waals surface area contributed by atoms with Gasteiger partial charge >= 0.3 is 18.3 Å². The number of alkyl halides is 6. The highest BCUT2D eigenvalue weighted by molar-refractivity contribution is 5.70. The minimum absolute atomic E-state index is 0.274. The lowest BCUT2D eigenvalue weighted by Crippen LogP contribution is -2.19. The summed E-state index contributed by atoms with van der Waals surface area (Å²) in [5, 5.41) is 0. The first kappa shape index (κ1) is 14.3. The SMILES string of the molecule is CC(=O)Oc1cccc(C(F)(F)F)c1C(F)(F)F. The molecule has 0 heterocycles. The van der Waals surface area contributed by atoms with Gasteiger partial charge in [-0.1, -0.05) is 6.07 Å². The van der Waals surface area contributed by atoms with Crippen LogP contribution in [0, 0.1) is 0 Å². The normalized spacial score (nSPS) is 12.4. The summed E-state index contributed by atoms with van der Waals surface area (Å²) in [6.45, 7) is 0.792. The minimum Gasteiger partial charge on any atom is -0.426 e. The average Bonchev–Trinajstić information content (AvgIpc) is 2.13. The zero-order valence-electron chi connectivity index (χ0n) is 8.82. The lowest BCUT2D eigenvalue weighted by Gasteiger charge is -2.18. The third kappa shape index (κ3) is 3.14. The molecule has 0 aromatic heterocycles. The molecule has 8 heteroatoms. The number of rotatable bonds is 1. The Kier molecular flexibility index (Phi) is 3.59. The van der Waals surface area contributed by atoms with E-state index in [1.807, 2.05) is 0 Å². The molecular formula is C10H6F6O2. The largest absolute Gasteiger partial charge is 0.426 e. The van der Waals surface area contributed by atoms with Gasteiger partial charge in [0.25, 0.3) is 0 Å². The van der Waals surface area contributed by atoms with Gasteiger partial charge in [0.05, 0.1) is 5.56 Å². The zero-order chi connectivity index (χ0) is 14.1. The first-order valence-corrected chi connectivity index (χ1v) is 4.49. The Labute approximate surface area is 97.2 Å². The van der Waals surface area contributed by atoms with Crippen molar-refractivity contribution in [3.63, 3.8) is 0 Å². The van der Waals surface area contributed by atoms with Crippen molar-refractivity contribution in [1.82, 2.24) is 0 Å². The van der Waals surface area contributed by atoms with Crippen LogP contribution in [0.3, 0.4) is 0 Å². The van der Waals surface area contributed by atoms with Gasteiger partial charge in [-0.2, -0.15) is 26.3 Å². The number of ether oxygens (including phenoxy) is 1. The molecule has 0 saturated carbocycles. The van der Waals surface area contributed by atoms with Crippen LogP contribution in [-0.2, 0) is 17.1 Å². The summed E-state index contributed by atoms with van der Waals surface area (Å²) in [5.41, 5.74) is -3.90. The molecule has 0 saturated heterocycles. The van der Waals surface area contributed by atoms with Crippen LogP contribution in [0.2, 0.25) is 0 Å². The minimum atomic E-state index is -5.28. The van der Waals surface area contributed by atoms with Gasteiger partial charge in [0.2, 0.25) is 0 Å². The van der Waals surface area contributed by atoms with Crippen LogP contribution in [0.15, 0.2) is 18.2 Å². The first-order chi connectivity index (χ1) is 8.03. The van der Waals surface area contributed by atoms with Gasteiger partial charge in [0.15, 0.2) is 0 Å². The zero-order valence-corrected chi connectivity index (χ0v) is 8.82. The second-order valence-corrected chi connectivity index (χ2v) is 3.27. The Morgan fingerprint density at radius 2 is 1.61 bits per heavy atom. The van der Waals surface area contributed by atoms with Crippen molar-refractivity contribution < 1.29 is 35.9 Å². The standard InChI is InChI=1S/C10H6F6O2/c1-5(17)18-7-4-2-3-6(9(11,12)13)8(7)10(14,15)16/h2-4H,1H3. The quantitative estimate of drug-likeness (QED) is 0.443. The lowest BCUT2D eigenvalue weighted by atomic mass is 10.1. The Morgan fingerprint density at radius 1 is 1.06 bits per heavy atom. The van der Waals surface area contributed by atoms with Crippen molar-refractivity contribution in [2.45, 2.75) is 19.3 Å². The summed E-state index contributed by atoms with van der Waals surface area (Å²) < 4.78 is 79.3. The van der Waals surface area contributed by atoms with E-state index in [9.17, 15) is 31.1 Å². The fraction of sp³-hybridized carbons (Fsp3) is 0.300. The van der Waals surface area contributed by atoms with Crippen LogP contribution in [0.5, 0.6) is 5.75 Å². The molecule has 0 bridgehead atoms. The molecule has 1 aromatic rings. The Hall–Kier alpha value is -1.73. The maximum Gasteiger partial charge on any atom is 0.420 e. The van der Waals surface area contributed by atoms with E-state index >= 15 is 0 Å². The lowest BCUT2D eigenvalue weighted by molar-refractivity contribution is -0.163. The molecule has 1 rings (SSSR count). The summed E-state index contributed by atoms with van der Waals surface area (Å²) in [5.74, 6) is -2.30. The molecule has 0 amide bonds. The topological polar surface area (TPSA) is 26.3 Å². The van der Waals surface area contributed by atoms with Crippen molar-refractivity contribution in [3.8, 4) is 5.75 Å². The second-order valence-electron chi connectivity index (χ2n) is 3.27. The highest BCUT2D eigenvalue weighted by Crippen LogP contribution is 2.44. The van der Waals surface area contributed by atoms with Crippen LogP contribution in [0.1, 0.15) is 18.1 Å². The molecule has 0 aliphatic heterocycles. The predicted molar refractivity (Wildman–Crippen MR) is 47.8 cm³/mol. The van der Waals surface area contributed by atoms with Gasteiger partial charge in [-0.05, 0) is 12.1 Å². The molecule has 18 heavy (non-hydrogen) atoms. The maximum atomic E-state index is 12.6. The van der Waals surface area contributed by atoms with Crippen LogP contribution in [0.25, 0.3) is 0 Å². The van der Waals surface area contributed by atoms with Crippen molar-refractivity contribution in [2.75, 3.05) is 0 Å². The number of halogens is 6. The van der Waals surface area contributed by atoms with E-state index in [0.29, 0.717) is 6.07 Å². The van der Waals surface area contributed by atoms with Gasteiger partial charge in [0.1, 0.15) is 11.3 Å². The van der Waals surface area contributed by atoms with Crippen LogP contribution < -0.4 is 4.74 Å². The highest BCUT2D eigenvalue weighted by Gasteiger charge is 2.45. The molecule has 0 fully saturated rings. The van der Waals surface area contributed by atoms with Gasteiger partial charge in [0, 0.05) is 6.92 Å². The van der Waals surface area contributed by atoms with E-state index in [1.54, 1.807) is 0 Å². The maximum absolute atomic E-state index is 12.6. The third-order valence-corrected chi connectivity index (χ3v) is 1.87. The number of carbonyl (C=O) groups is 1. The number of hydrogen-bond donors (Lipinski definition) is 0. The van der Waals surface area contributed by atoms with Gasteiger partial charge in [-0.25, -0.2) is 0 Å². The van der Waals surface area contributed by atoms with E-state index in [4.69, 9.17) is 0 Å². The smallest absolute Gasteiger partial charge is 0.420 e. The van der Waals surface area contributed by atoms with Crippen LogP contribution >= 0.6 is 0 Å². The predicted octanol–water partition coefficient (Wildman–Crippen LogP) is 3.65. The van der Waals surface area contributed by atoms with Crippen LogP contribution in [0.4, 0.5) is 26.3 Å². The number of carbonyl (C=O) groups excluding carboxylic acids is 1. The monoisotopic (exact) mass is 272 g/mol. The highest BCUT2D eigenvalue weighted by atomic mass is 19.4. The van der Waals surface area contributed by atoms with Gasteiger partial charge < -0.3 is 4.74 Å². The molecule has 1 aromatic carbocycles. The first-order valence-electron chi connectivity index (χ1n) is 4.49. The molecular weight excluding hydrogens is 266 g/mol. The van der Waals surface area contributed by atoms with Crippen LogP contribution in [-0.4, -0.2) is 5.97 Å². The molecule has 0 unspecified atom stereocenters. The van der Waals surface area contributed by atoms with Crippen molar-refractivity contribution in [1.29, 1.82) is 0 Å². The molecule has 0 N–H and O–H groups in total. The van der Waals surface area contributed by atoms with E-state index in [-0.39, 0.29) is 6.07 Å². The summed E-state index contributed by atoms with van der Waals surface area (Å²) >= 11 is 0. The van der Waals surface area contributed by atoms with Crippen molar-refractivity contribution in [2.24, 2.45) is 0 Å². The summed E-state index contributed by atoms with van der Waals surface area (Å²) in [6.07, 6.45) is -10.5. The van der Waals surface area contributed by atoms with E-state index in [2.05, 4.69) is 4.74 Å². The molecule has 100 valence electrons. The average molecular weight is 272 g/mol. The summed E-state index contributed by atoms with van der Waals surface area (Å²) in [4.78, 5) is 10.6. The Bertz CT molecular complexity index is 460. The number of benzene rings is 1. The van der Waals surface area contributed by atoms with Crippen molar-refractivity contribution in [3.05, 3.63) is 29.3 Å². The summed E-state index contributed by atoms with van der Waals surface area (Å²) in [6, 6.07) is 1.66. The molecule has 0 radical (unpaired) electrons. The Balaban J connectivity index is 3.50. The van der Waals surface area contributed by atoms with Gasteiger partial charge in [-0.15, -0.1) is 0 Å². The molecule has 0 aliphatic carbocycles. The van der Waals surface area contributed by atoms with E-state index < -0.39 is 35.2 Å². The fourth-order valence-electron chi connectivity index (χ4n) is 1.30.